The highest BCUT2D eigenvalue weighted by molar-refractivity contribution is 9.10. The van der Waals surface area contributed by atoms with Crippen LogP contribution in [0.5, 0.6) is 11.5 Å². The van der Waals surface area contributed by atoms with Crippen LogP contribution in [0.2, 0.25) is 5.02 Å². The second-order valence-corrected chi connectivity index (χ2v) is 7.86. The van der Waals surface area contributed by atoms with Crippen LogP contribution in [0.3, 0.4) is 0 Å². The number of hydrogen-bond donors (Lipinski definition) is 1. The fraction of sp³-hybridized carbons (Fsp3) is 0.174. The molecule has 0 bridgehead atoms. The molecule has 0 aliphatic carbocycles. The molecule has 156 valence electrons. The molecule has 0 unspecified atom stereocenters. The number of ether oxygens (including phenoxy) is 2. The molecule has 1 N–H and O–H groups in total. The van der Waals surface area contributed by atoms with E-state index in [1.165, 1.54) is 12.1 Å². The van der Waals surface area contributed by atoms with Crippen molar-refractivity contribution in [3.05, 3.63) is 86.6 Å². The molecule has 0 saturated carbocycles. The van der Waals surface area contributed by atoms with E-state index in [0.29, 0.717) is 38.7 Å². The van der Waals surface area contributed by atoms with E-state index in [-0.39, 0.29) is 12.3 Å². The Morgan fingerprint density at radius 1 is 1.10 bits per heavy atom. The first-order valence-corrected chi connectivity index (χ1v) is 10.5. The van der Waals surface area contributed by atoms with Gasteiger partial charge in [-0.05, 0) is 74.0 Å². The Hall–Kier alpha value is -2.57. The van der Waals surface area contributed by atoms with Crippen molar-refractivity contribution in [2.24, 2.45) is 0 Å². The van der Waals surface area contributed by atoms with Gasteiger partial charge in [0.1, 0.15) is 23.9 Å². The van der Waals surface area contributed by atoms with Gasteiger partial charge in [0, 0.05) is 20.6 Å². The Kier molecular flexibility index (Phi) is 7.34. The van der Waals surface area contributed by atoms with Crippen LogP contribution in [0.15, 0.2) is 59.1 Å². The number of hydrogen-bond acceptors (Lipinski definition) is 3. The van der Waals surface area contributed by atoms with Gasteiger partial charge in [-0.2, -0.15) is 0 Å². The van der Waals surface area contributed by atoms with Crippen LogP contribution in [0.4, 0.5) is 10.1 Å². The number of amides is 1. The van der Waals surface area contributed by atoms with E-state index in [2.05, 4.69) is 21.2 Å². The predicted molar refractivity (Wildman–Crippen MR) is 120 cm³/mol. The van der Waals surface area contributed by atoms with E-state index in [9.17, 15) is 9.18 Å². The number of rotatable bonds is 7. The van der Waals surface area contributed by atoms with Crippen molar-refractivity contribution >= 4 is 39.1 Å². The topological polar surface area (TPSA) is 47.6 Å². The maximum Gasteiger partial charge on any atom is 0.255 e. The number of carbonyl (C=O) groups is 1. The zero-order valence-electron chi connectivity index (χ0n) is 16.5. The zero-order chi connectivity index (χ0) is 21.7. The SMILES string of the molecule is CCOc1ccc(C(=O)Nc2ccc(Br)cc2F)cc1COc1ccc(Cl)c(C)c1. The number of carbonyl (C=O) groups excluding carboxylic acids is 1. The molecule has 4 nitrogen and oxygen atoms in total. The van der Waals surface area contributed by atoms with Crippen LogP contribution in [-0.4, -0.2) is 12.5 Å². The lowest BCUT2D eigenvalue weighted by Gasteiger charge is -2.14. The van der Waals surface area contributed by atoms with E-state index < -0.39 is 11.7 Å². The lowest BCUT2D eigenvalue weighted by Crippen LogP contribution is -2.14. The average molecular weight is 493 g/mol. The Balaban J connectivity index is 1.80. The van der Waals surface area contributed by atoms with Crippen LogP contribution >= 0.6 is 27.5 Å². The summed E-state index contributed by atoms with van der Waals surface area (Å²) in [6.07, 6.45) is 0. The van der Waals surface area contributed by atoms with Gasteiger partial charge in [0.05, 0.1) is 12.3 Å². The quantitative estimate of drug-likeness (QED) is 0.395. The molecule has 0 aliphatic heterocycles. The van der Waals surface area contributed by atoms with Gasteiger partial charge in [-0.1, -0.05) is 27.5 Å². The molecule has 7 heteroatoms. The summed E-state index contributed by atoms with van der Waals surface area (Å²) in [6, 6.07) is 14.9. The molecule has 3 rings (SSSR count). The summed E-state index contributed by atoms with van der Waals surface area (Å²) in [6.45, 7) is 4.45. The lowest BCUT2D eigenvalue weighted by molar-refractivity contribution is 0.102. The Labute approximate surface area is 188 Å². The van der Waals surface area contributed by atoms with Gasteiger partial charge in [-0.25, -0.2) is 4.39 Å². The van der Waals surface area contributed by atoms with Gasteiger partial charge in [0.15, 0.2) is 0 Å². The normalized spacial score (nSPS) is 10.6. The van der Waals surface area contributed by atoms with Gasteiger partial charge in [-0.3, -0.25) is 4.79 Å². The second kappa shape index (κ2) is 9.96. The monoisotopic (exact) mass is 491 g/mol. The first-order chi connectivity index (χ1) is 14.4. The van der Waals surface area contributed by atoms with Crippen molar-refractivity contribution in [3.8, 4) is 11.5 Å². The molecule has 0 spiro atoms. The van der Waals surface area contributed by atoms with Crippen molar-refractivity contribution in [2.45, 2.75) is 20.5 Å². The van der Waals surface area contributed by atoms with Crippen LogP contribution in [0.25, 0.3) is 0 Å². The number of halogens is 3. The smallest absolute Gasteiger partial charge is 0.255 e. The largest absolute Gasteiger partial charge is 0.493 e. The van der Waals surface area contributed by atoms with Crippen LogP contribution < -0.4 is 14.8 Å². The average Bonchev–Trinajstić information content (AvgIpc) is 2.72. The van der Waals surface area contributed by atoms with Gasteiger partial charge < -0.3 is 14.8 Å². The third-order valence-electron chi connectivity index (χ3n) is 4.33. The van der Waals surface area contributed by atoms with Crippen molar-refractivity contribution < 1.29 is 18.7 Å². The van der Waals surface area contributed by atoms with E-state index in [4.69, 9.17) is 21.1 Å². The minimum absolute atomic E-state index is 0.103. The fourth-order valence-electron chi connectivity index (χ4n) is 2.78. The molecule has 1 amide bonds. The maximum absolute atomic E-state index is 14.0. The summed E-state index contributed by atoms with van der Waals surface area (Å²) in [5.74, 6) is 0.328. The Bertz CT molecular complexity index is 1070. The molecule has 3 aromatic rings. The van der Waals surface area contributed by atoms with Crippen molar-refractivity contribution in [1.82, 2.24) is 0 Å². The summed E-state index contributed by atoms with van der Waals surface area (Å²) >= 11 is 9.25. The zero-order valence-corrected chi connectivity index (χ0v) is 18.8. The summed E-state index contributed by atoms with van der Waals surface area (Å²) < 4.78 is 26.2. The molecule has 0 radical (unpaired) electrons. The van der Waals surface area contributed by atoms with Gasteiger partial charge in [0.25, 0.3) is 5.91 Å². The molecule has 0 aromatic heterocycles. The number of aryl methyl sites for hydroxylation is 1. The van der Waals surface area contributed by atoms with E-state index >= 15 is 0 Å². The highest BCUT2D eigenvalue weighted by atomic mass is 79.9. The standard InChI is InChI=1S/C23H20BrClFNO3/c1-3-29-22-9-4-15(23(28)27-21-8-5-17(24)12-20(21)26)11-16(22)13-30-18-6-7-19(25)14(2)10-18/h4-12H,3,13H2,1-2H3,(H,27,28). The molecule has 0 heterocycles. The summed E-state index contributed by atoms with van der Waals surface area (Å²) in [5.41, 5.74) is 2.08. The number of anilines is 1. The minimum Gasteiger partial charge on any atom is -0.493 e. The molecule has 30 heavy (non-hydrogen) atoms. The van der Waals surface area contributed by atoms with Gasteiger partial charge in [0.2, 0.25) is 0 Å². The predicted octanol–water partition coefficient (Wildman–Crippen LogP) is 6.78. The van der Waals surface area contributed by atoms with Crippen LogP contribution in [-0.2, 0) is 6.61 Å². The molecule has 0 aliphatic rings. The molecule has 0 atom stereocenters. The van der Waals surface area contributed by atoms with Crippen molar-refractivity contribution in [2.75, 3.05) is 11.9 Å². The van der Waals surface area contributed by atoms with Crippen LogP contribution in [0, 0.1) is 12.7 Å². The Morgan fingerprint density at radius 3 is 2.60 bits per heavy atom. The number of nitrogens with one attached hydrogen (secondary N) is 1. The second-order valence-electron chi connectivity index (χ2n) is 6.53. The fourth-order valence-corrected chi connectivity index (χ4v) is 3.23. The summed E-state index contributed by atoms with van der Waals surface area (Å²) in [5, 5.41) is 3.25. The van der Waals surface area contributed by atoms with E-state index in [0.717, 1.165) is 5.56 Å². The van der Waals surface area contributed by atoms with Crippen molar-refractivity contribution in [1.29, 1.82) is 0 Å². The molecular formula is C23H20BrClFNO3. The van der Waals surface area contributed by atoms with E-state index in [1.807, 2.05) is 19.9 Å². The summed E-state index contributed by atoms with van der Waals surface area (Å²) in [7, 11) is 0. The minimum atomic E-state index is -0.523. The molecular weight excluding hydrogens is 473 g/mol. The molecule has 3 aromatic carbocycles. The third kappa shape index (κ3) is 5.52. The lowest BCUT2D eigenvalue weighted by atomic mass is 10.1. The maximum atomic E-state index is 14.0. The highest BCUT2D eigenvalue weighted by Crippen LogP contribution is 2.26. The van der Waals surface area contributed by atoms with E-state index in [1.54, 1.807) is 36.4 Å². The summed E-state index contributed by atoms with van der Waals surface area (Å²) in [4.78, 5) is 12.6. The molecule has 0 fully saturated rings. The van der Waals surface area contributed by atoms with Gasteiger partial charge >= 0.3 is 0 Å². The highest BCUT2D eigenvalue weighted by Gasteiger charge is 2.14. The first kappa shape index (κ1) is 22.1. The third-order valence-corrected chi connectivity index (χ3v) is 5.24. The van der Waals surface area contributed by atoms with Crippen LogP contribution in [0.1, 0.15) is 28.4 Å². The Morgan fingerprint density at radius 2 is 1.90 bits per heavy atom. The molecule has 0 saturated heterocycles. The van der Waals surface area contributed by atoms with Gasteiger partial charge in [-0.15, -0.1) is 0 Å². The first-order valence-electron chi connectivity index (χ1n) is 9.28. The van der Waals surface area contributed by atoms with Crippen molar-refractivity contribution in [3.63, 3.8) is 0 Å². The number of benzene rings is 3.